The maximum absolute atomic E-state index is 12.9. The molecule has 48 heavy (non-hydrogen) atoms. The van der Waals surface area contributed by atoms with Gasteiger partial charge in [0.2, 0.25) is 0 Å². The number of benzene rings is 2. The van der Waals surface area contributed by atoms with E-state index < -0.39 is 17.9 Å². The maximum atomic E-state index is 12.9. The highest BCUT2D eigenvalue weighted by Crippen LogP contribution is 2.56. The number of hydrogen-bond donors (Lipinski definition) is 2. The van der Waals surface area contributed by atoms with Crippen molar-refractivity contribution in [3.05, 3.63) is 86.7 Å². The number of nitrogens with one attached hydrogen (secondary N) is 1. The van der Waals surface area contributed by atoms with Gasteiger partial charge in [0, 0.05) is 28.7 Å². The second kappa shape index (κ2) is 15.9. The molecule has 0 radical (unpaired) electrons. The fourth-order valence-corrected chi connectivity index (χ4v) is 8.67. The van der Waals surface area contributed by atoms with E-state index in [4.69, 9.17) is 36.3 Å². The van der Waals surface area contributed by atoms with E-state index in [9.17, 15) is 9.59 Å². The van der Waals surface area contributed by atoms with Crippen molar-refractivity contribution in [1.29, 1.82) is 0 Å². The number of ether oxygens (including phenoxy) is 4. The first-order chi connectivity index (χ1) is 23.2. The molecule has 0 spiro atoms. The number of methoxy groups -OCH3 is 2. The molecule has 0 amide bonds. The van der Waals surface area contributed by atoms with Gasteiger partial charge in [-0.2, -0.15) is 0 Å². The summed E-state index contributed by atoms with van der Waals surface area (Å²) in [5.41, 5.74) is 11.4. The number of esters is 2. The zero-order chi connectivity index (χ0) is 34.4. The first-order valence-electron chi connectivity index (χ1n) is 17.1. The predicted molar refractivity (Wildman–Crippen MR) is 187 cm³/mol. The van der Waals surface area contributed by atoms with Gasteiger partial charge in [0.25, 0.3) is 0 Å². The summed E-state index contributed by atoms with van der Waals surface area (Å²) < 4.78 is 21.3. The minimum Gasteiger partial charge on any atom is -0.497 e. The van der Waals surface area contributed by atoms with E-state index in [2.05, 4.69) is 35.5 Å². The zero-order valence-corrected chi connectivity index (χ0v) is 29.7. The number of nitrogens with zero attached hydrogens (tertiary/aromatic N) is 1. The number of nitrogens with two attached hydrogens (primary N) is 1. The maximum Gasteiger partial charge on any atom is 0.336 e. The van der Waals surface area contributed by atoms with Crippen LogP contribution in [0.2, 0.25) is 5.02 Å². The third kappa shape index (κ3) is 7.01. The Balaban J connectivity index is 0.000000197. The van der Waals surface area contributed by atoms with Gasteiger partial charge < -0.3 is 34.9 Å². The van der Waals surface area contributed by atoms with Gasteiger partial charge in [-0.05, 0) is 93.9 Å². The summed E-state index contributed by atoms with van der Waals surface area (Å²) in [5, 5.41) is 3.52. The van der Waals surface area contributed by atoms with Crippen LogP contribution < -0.4 is 15.8 Å². The van der Waals surface area contributed by atoms with Gasteiger partial charge in [-0.1, -0.05) is 48.7 Å². The Hall–Kier alpha value is -3.37. The largest absolute Gasteiger partial charge is 0.497 e. The predicted octanol–water partition coefficient (Wildman–Crippen LogP) is 5.65. The van der Waals surface area contributed by atoms with Crippen LogP contribution >= 0.6 is 11.6 Å². The second-order valence-corrected chi connectivity index (χ2v) is 13.5. The highest BCUT2D eigenvalue weighted by molar-refractivity contribution is 6.31. The van der Waals surface area contributed by atoms with Crippen molar-refractivity contribution in [2.45, 2.75) is 69.7 Å². The third-order valence-corrected chi connectivity index (χ3v) is 10.9. The molecule has 1 unspecified atom stereocenters. The summed E-state index contributed by atoms with van der Waals surface area (Å²) in [5.74, 6) is 0.0474. The number of carbonyl (C=O) groups is 2. The summed E-state index contributed by atoms with van der Waals surface area (Å²) in [6, 6.07) is 14.6. The Morgan fingerprint density at radius 2 is 1.88 bits per heavy atom. The van der Waals surface area contributed by atoms with E-state index in [1.807, 2.05) is 0 Å². The summed E-state index contributed by atoms with van der Waals surface area (Å²) in [7, 11) is 5.41. The number of allylic oxidation sites excluding steroid dienone is 1. The lowest BCUT2D eigenvalue weighted by atomic mass is 9.52. The lowest BCUT2D eigenvalue weighted by molar-refractivity contribution is -0.139. The fraction of sp³-hybridized carbons (Fsp3) is 0.526. The molecule has 260 valence electrons. The van der Waals surface area contributed by atoms with Crippen LogP contribution in [-0.2, 0) is 35.6 Å². The first-order valence-corrected chi connectivity index (χ1v) is 17.4. The quantitative estimate of drug-likeness (QED) is 0.257. The van der Waals surface area contributed by atoms with Crippen molar-refractivity contribution in [2.24, 2.45) is 11.7 Å². The SMILES string of the molecule is CCOC(=O)C1=C(COCCN)NC(C)=C(C(=O)OC)C1c1ccccc1Cl.COc1ccc2c(c1)[C@]13CCCC[C@@H]1[C@H](C2)N(C)CC3. The van der Waals surface area contributed by atoms with Crippen molar-refractivity contribution in [1.82, 2.24) is 10.2 Å². The van der Waals surface area contributed by atoms with Crippen molar-refractivity contribution in [3.8, 4) is 5.75 Å². The van der Waals surface area contributed by atoms with Crippen LogP contribution in [0.25, 0.3) is 0 Å². The molecular formula is C38H50ClN3O6. The van der Waals surface area contributed by atoms with E-state index in [0.717, 1.165) is 17.7 Å². The summed E-state index contributed by atoms with van der Waals surface area (Å²) in [4.78, 5) is 28.1. The molecule has 4 aliphatic rings. The number of halogens is 1. The average Bonchev–Trinajstić information content (AvgIpc) is 3.09. The Morgan fingerprint density at radius 3 is 2.58 bits per heavy atom. The number of hydrogen-bond acceptors (Lipinski definition) is 9. The Morgan fingerprint density at radius 1 is 1.08 bits per heavy atom. The van der Waals surface area contributed by atoms with E-state index in [0.29, 0.717) is 46.1 Å². The van der Waals surface area contributed by atoms with Crippen LogP contribution in [0.15, 0.2) is 65.0 Å². The van der Waals surface area contributed by atoms with Gasteiger partial charge in [0.05, 0.1) is 56.8 Å². The van der Waals surface area contributed by atoms with Crippen LogP contribution in [0, 0.1) is 5.92 Å². The number of rotatable bonds is 9. The van der Waals surface area contributed by atoms with Crippen molar-refractivity contribution >= 4 is 23.5 Å². The Labute approximate surface area is 289 Å². The highest BCUT2D eigenvalue weighted by atomic mass is 35.5. The molecule has 6 rings (SSSR count). The van der Waals surface area contributed by atoms with E-state index in [-0.39, 0.29) is 18.8 Å². The van der Waals surface area contributed by atoms with Gasteiger partial charge in [-0.25, -0.2) is 9.59 Å². The molecule has 3 N–H and O–H groups in total. The molecule has 2 aliphatic carbocycles. The molecule has 4 atom stereocenters. The Bertz CT molecular complexity index is 1560. The smallest absolute Gasteiger partial charge is 0.336 e. The monoisotopic (exact) mass is 679 g/mol. The molecule has 2 fully saturated rings. The average molecular weight is 680 g/mol. The number of dihydropyridines is 1. The van der Waals surface area contributed by atoms with Gasteiger partial charge in [0.15, 0.2) is 0 Å². The molecule has 0 aromatic heterocycles. The minimum absolute atomic E-state index is 0.109. The van der Waals surface area contributed by atoms with Gasteiger partial charge >= 0.3 is 11.9 Å². The fourth-order valence-electron chi connectivity index (χ4n) is 8.42. The van der Waals surface area contributed by atoms with Crippen LogP contribution in [0.4, 0.5) is 0 Å². The van der Waals surface area contributed by atoms with Crippen LogP contribution in [0.5, 0.6) is 5.75 Å². The molecule has 1 saturated carbocycles. The van der Waals surface area contributed by atoms with Crippen LogP contribution in [0.3, 0.4) is 0 Å². The number of piperidine rings is 1. The van der Waals surface area contributed by atoms with Gasteiger partial charge in [0.1, 0.15) is 5.75 Å². The molecule has 2 aromatic rings. The standard InChI is InChI=1S/C20H25ClN2O5.C18H25NO/c1-4-28-20(25)18-15(11-27-10-9-22)23-12(2)16(19(24)26-3)17(18)13-7-5-6-8-14(13)21;1-19-10-9-18-8-4-3-5-15(18)17(19)11-13-6-7-14(20-2)12-16(13)18/h5-8,17,23H,4,9-11,22H2,1-3H3;6-7,12,15,17H,3-5,8-11H2,1-2H3/t;15-,17+,18+/m.1/s1. The number of fused-ring (bicyclic) bond motifs is 1. The van der Waals surface area contributed by atoms with Crippen LogP contribution in [0.1, 0.15) is 68.6 Å². The number of carbonyl (C=O) groups excluding carboxylic acids is 2. The molecule has 2 aliphatic heterocycles. The number of likely N-dealkylation sites (tertiary alicyclic amines) is 1. The third-order valence-electron chi connectivity index (χ3n) is 10.6. The summed E-state index contributed by atoms with van der Waals surface area (Å²) in [6.45, 7) is 5.68. The second-order valence-electron chi connectivity index (χ2n) is 13.1. The van der Waals surface area contributed by atoms with E-state index in [1.54, 1.807) is 56.3 Å². The van der Waals surface area contributed by atoms with Crippen molar-refractivity contribution in [2.75, 3.05) is 54.2 Å². The lowest BCUT2D eigenvalue weighted by Crippen LogP contribution is -2.59. The molecular weight excluding hydrogens is 630 g/mol. The first kappa shape index (κ1) is 35.9. The van der Waals surface area contributed by atoms with Crippen molar-refractivity contribution in [3.63, 3.8) is 0 Å². The molecule has 9 nitrogen and oxygen atoms in total. The lowest BCUT2D eigenvalue weighted by Gasteiger charge is -2.58. The summed E-state index contributed by atoms with van der Waals surface area (Å²) >= 11 is 6.42. The minimum atomic E-state index is -0.752. The highest BCUT2D eigenvalue weighted by Gasteiger charge is 2.53. The van der Waals surface area contributed by atoms with Crippen LogP contribution in [-0.4, -0.2) is 77.1 Å². The molecule has 2 aromatic carbocycles. The van der Waals surface area contributed by atoms with Gasteiger partial charge in [-0.15, -0.1) is 0 Å². The Kier molecular flexibility index (Phi) is 11.9. The molecule has 1 saturated heterocycles. The molecule has 2 bridgehead atoms. The zero-order valence-electron chi connectivity index (χ0n) is 28.9. The topological polar surface area (TPSA) is 112 Å². The van der Waals surface area contributed by atoms with Gasteiger partial charge in [-0.3, -0.25) is 0 Å². The normalized spacial score (nSPS) is 24.8. The van der Waals surface area contributed by atoms with E-state index >= 15 is 0 Å². The number of likely N-dealkylation sites (N-methyl/N-ethyl adjacent to an activating group) is 1. The van der Waals surface area contributed by atoms with E-state index in [1.165, 1.54) is 52.2 Å². The molecule has 10 heteroatoms. The van der Waals surface area contributed by atoms with Crippen molar-refractivity contribution < 1.29 is 28.5 Å². The molecule has 2 heterocycles. The summed E-state index contributed by atoms with van der Waals surface area (Å²) in [6.07, 6.45) is 8.22.